The Kier molecular flexibility index (Phi) is 9.38. The Morgan fingerprint density at radius 2 is 1.79 bits per heavy atom. The molecule has 150 valence electrons. The highest BCUT2D eigenvalue weighted by Crippen LogP contribution is 2.21. The minimum atomic E-state index is -0.489. The van der Waals surface area contributed by atoms with Gasteiger partial charge in [0.15, 0.2) is 0 Å². The first kappa shape index (κ1) is 22.3. The van der Waals surface area contributed by atoms with Gasteiger partial charge in [-0.3, -0.25) is 9.59 Å². The molecule has 4 nitrogen and oxygen atoms in total. The Morgan fingerprint density at radius 1 is 1.11 bits per heavy atom. The van der Waals surface area contributed by atoms with Gasteiger partial charge in [-0.05, 0) is 50.1 Å². The zero-order valence-electron chi connectivity index (χ0n) is 16.4. The van der Waals surface area contributed by atoms with Crippen molar-refractivity contribution in [1.82, 2.24) is 10.2 Å². The number of carbonyl (C=O) groups is 2. The monoisotopic (exact) mass is 418 g/mol. The van der Waals surface area contributed by atoms with E-state index in [1.165, 1.54) is 0 Å². The molecule has 0 saturated carbocycles. The number of halogens is 1. The summed E-state index contributed by atoms with van der Waals surface area (Å²) in [6.45, 7) is 4.74. The number of thioether (sulfide) groups is 1. The zero-order valence-corrected chi connectivity index (χ0v) is 17.9. The molecule has 28 heavy (non-hydrogen) atoms. The molecule has 2 amide bonds. The van der Waals surface area contributed by atoms with E-state index in [0.717, 1.165) is 16.9 Å². The van der Waals surface area contributed by atoms with Gasteiger partial charge >= 0.3 is 0 Å². The van der Waals surface area contributed by atoms with Crippen molar-refractivity contribution >= 4 is 35.2 Å². The molecule has 0 bridgehead atoms. The molecule has 2 rings (SSSR count). The van der Waals surface area contributed by atoms with Crippen LogP contribution in [0.25, 0.3) is 0 Å². The fourth-order valence-corrected chi connectivity index (χ4v) is 3.79. The Bertz CT molecular complexity index is 753. The average Bonchev–Trinajstić information content (AvgIpc) is 2.70. The van der Waals surface area contributed by atoms with Crippen molar-refractivity contribution in [3.05, 3.63) is 65.2 Å². The van der Waals surface area contributed by atoms with Gasteiger partial charge in [-0.2, -0.15) is 0 Å². The molecule has 0 fully saturated rings. The molecule has 0 aromatic heterocycles. The van der Waals surface area contributed by atoms with Crippen molar-refractivity contribution in [1.29, 1.82) is 0 Å². The fraction of sp³-hybridized carbons (Fsp3) is 0.364. The summed E-state index contributed by atoms with van der Waals surface area (Å²) >= 11 is 7.52. The van der Waals surface area contributed by atoms with E-state index in [9.17, 15) is 9.59 Å². The largest absolute Gasteiger partial charge is 0.355 e. The predicted molar refractivity (Wildman–Crippen MR) is 117 cm³/mol. The van der Waals surface area contributed by atoms with Crippen LogP contribution in [0.3, 0.4) is 0 Å². The second-order valence-corrected chi connectivity index (χ2v) is 8.05. The number of nitrogens with zero attached hydrogens (tertiary/aromatic N) is 1. The molecular weight excluding hydrogens is 392 g/mol. The van der Waals surface area contributed by atoms with Crippen LogP contribution in [0.5, 0.6) is 0 Å². The van der Waals surface area contributed by atoms with Crippen LogP contribution in [0.1, 0.15) is 25.8 Å². The molecule has 0 heterocycles. The second kappa shape index (κ2) is 11.8. The number of hydrogen-bond donors (Lipinski definition) is 1. The van der Waals surface area contributed by atoms with Gasteiger partial charge in [0.1, 0.15) is 6.04 Å². The normalized spacial score (nSPS) is 11.7. The highest BCUT2D eigenvalue weighted by molar-refractivity contribution is 7.99. The minimum absolute atomic E-state index is 0.00357. The Morgan fingerprint density at radius 3 is 2.43 bits per heavy atom. The molecular formula is C22H27ClN2O2S. The maximum Gasteiger partial charge on any atom is 0.242 e. The predicted octanol–water partition coefficient (Wildman–Crippen LogP) is 4.42. The van der Waals surface area contributed by atoms with E-state index in [4.69, 9.17) is 11.6 Å². The van der Waals surface area contributed by atoms with Gasteiger partial charge in [0.05, 0.1) is 0 Å². The van der Waals surface area contributed by atoms with Gasteiger partial charge in [-0.25, -0.2) is 0 Å². The van der Waals surface area contributed by atoms with Crippen LogP contribution < -0.4 is 5.32 Å². The van der Waals surface area contributed by atoms with Crippen LogP contribution in [-0.2, 0) is 16.0 Å². The Labute approximate surface area is 176 Å². The molecule has 0 unspecified atom stereocenters. The van der Waals surface area contributed by atoms with Crippen LogP contribution in [0.4, 0.5) is 0 Å². The maximum atomic E-state index is 12.9. The first-order valence-corrected chi connectivity index (χ1v) is 10.9. The van der Waals surface area contributed by atoms with E-state index in [2.05, 4.69) is 5.32 Å². The summed E-state index contributed by atoms with van der Waals surface area (Å²) in [7, 11) is 0. The number of hydrogen-bond acceptors (Lipinski definition) is 3. The lowest BCUT2D eigenvalue weighted by atomic mass is 10.1. The van der Waals surface area contributed by atoms with Gasteiger partial charge in [0, 0.05) is 35.2 Å². The molecule has 1 N–H and O–H groups in total. The third kappa shape index (κ3) is 7.21. The molecule has 0 spiro atoms. The lowest BCUT2D eigenvalue weighted by Gasteiger charge is -2.28. The minimum Gasteiger partial charge on any atom is -0.355 e. The highest BCUT2D eigenvalue weighted by atomic mass is 35.5. The Balaban J connectivity index is 1.96. The zero-order chi connectivity index (χ0) is 20.4. The molecule has 0 aliphatic heterocycles. The lowest BCUT2D eigenvalue weighted by Crippen LogP contribution is -2.48. The summed E-state index contributed by atoms with van der Waals surface area (Å²) in [5, 5.41) is 3.51. The topological polar surface area (TPSA) is 49.4 Å². The maximum absolute atomic E-state index is 12.9. The van der Waals surface area contributed by atoms with Crippen LogP contribution in [-0.4, -0.2) is 41.6 Å². The molecule has 0 aliphatic carbocycles. The van der Waals surface area contributed by atoms with Crippen LogP contribution >= 0.6 is 23.4 Å². The summed E-state index contributed by atoms with van der Waals surface area (Å²) in [6, 6.07) is 17.1. The summed E-state index contributed by atoms with van der Waals surface area (Å²) in [6.07, 6.45) is 1.10. The number of likely N-dealkylation sites (N-methyl/N-ethyl adjacent to an activating group) is 1. The number of amides is 2. The van der Waals surface area contributed by atoms with Crippen LogP contribution in [0.2, 0.25) is 5.02 Å². The lowest BCUT2D eigenvalue weighted by molar-refractivity contribution is -0.139. The number of carbonyl (C=O) groups excluding carboxylic acids is 2. The fourth-order valence-electron chi connectivity index (χ4n) is 2.82. The van der Waals surface area contributed by atoms with E-state index in [1.807, 2.05) is 61.5 Å². The van der Waals surface area contributed by atoms with Crippen molar-refractivity contribution < 1.29 is 9.59 Å². The van der Waals surface area contributed by atoms with Gasteiger partial charge in [0.25, 0.3) is 0 Å². The highest BCUT2D eigenvalue weighted by Gasteiger charge is 2.25. The van der Waals surface area contributed by atoms with E-state index in [0.29, 0.717) is 30.3 Å². The van der Waals surface area contributed by atoms with Crippen molar-refractivity contribution in [3.8, 4) is 0 Å². The van der Waals surface area contributed by atoms with E-state index < -0.39 is 6.04 Å². The first-order chi connectivity index (χ1) is 13.5. The van der Waals surface area contributed by atoms with E-state index in [1.54, 1.807) is 23.6 Å². The SMILES string of the molecule is CCNC(=O)[C@@H](C)N(CCc1ccccc1)C(=O)CCSc1ccc(Cl)cc1. The van der Waals surface area contributed by atoms with Gasteiger partial charge in [0.2, 0.25) is 11.8 Å². The van der Waals surface area contributed by atoms with Gasteiger partial charge < -0.3 is 10.2 Å². The van der Waals surface area contributed by atoms with Crippen molar-refractivity contribution in [2.24, 2.45) is 0 Å². The number of benzene rings is 2. The van der Waals surface area contributed by atoms with E-state index in [-0.39, 0.29) is 11.8 Å². The van der Waals surface area contributed by atoms with Crippen LogP contribution in [0.15, 0.2) is 59.5 Å². The Hall–Kier alpha value is -1.98. The smallest absolute Gasteiger partial charge is 0.242 e. The van der Waals surface area contributed by atoms with Crippen molar-refractivity contribution in [2.75, 3.05) is 18.8 Å². The van der Waals surface area contributed by atoms with Gasteiger partial charge in [-0.1, -0.05) is 41.9 Å². The summed E-state index contributed by atoms with van der Waals surface area (Å²) in [5.74, 6) is 0.537. The van der Waals surface area contributed by atoms with Crippen molar-refractivity contribution in [2.45, 2.75) is 37.6 Å². The third-order valence-electron chi connectivity index (χ3n) is 4.40. The molecule has 2 aromatic rings. The number of rotatable bonds is 10. The average molecular weight is 419 g/mol. The molecule has 6 heteroatoms. The van der Waals surface area contributed by atoms with Crippen molar-refractivity contribution in [3.63, 3.8) is 0 Å². The number of nitrogens with one attached hydrogen (secondary N) is 1. The summed E-state index contributed by atoms with van der Waals surface area (Å²) in [5.41, 5.74) is 1.15. The molecule has 0 saturated heterocycles. The quantitative estimate of drug-likeness (QED) is 0.581. The first-order valence-electron chi connectivity index (χ1n) is 9.50. The molecule has 1 atom stereocenters. The summed E-state index contributed by atoms with van der Waals surface area (Å²) < 4.78 is 0. The standard InChI is InChI=1S/C22H27ClN2O2S/c1-3-24-22(27)17(2)25(15-13-18-7-5-4-6-8-18)21(26)14-16-28-20-11-9-19(23)10-12-20/h4-12,17H,3,13-16H2,1-2H3,(H,24,27)/t17-/m1/s1. The van der Waals surface area contributed by atoms with Gasteiger partial charge in [-0.15, -0.1) is 11.8 Å². The molecule has 2 aromatic carbocycles. The molecule has 0 aliphatic rings. The second-order valence-electron chi connectivity index (χ2n) is 6.45. The third-order valence-corrected chi connectivity index (χ3v) is 5.67. The van der Waals surface area contributed by atoms with Crippen LogP contribution in [0, 0.1) is 0 Å². The molecule has 0 radical (unpaired) electrons. The van der Waals surface area contributed by atoms with E-state index >= 15 is 0 Å². The summed E-state index contributed by atoms with van der Waals surface area (Å²) in [4.78, 5) is 27.9.